The summed E-state index contributed by atoms with van der Waals surface area (Å²) < 4.78 is 4.12. The molecule has 7 heteroatoms. The summed E-state index contributed by atoms with van der Waals surface area (Å²) in [5.74, 6) is -2.72. The number of esters is 1. The molecule has 7 nitrogen and oxygen atoms in total. The molecule has 0 bridgehead atoms. The summed E-state index contributed by atoms with van der Waals surface area (Å²) in [5.41, 5.74) is 0.395. The lowest BCUT2D eigenvalue weighted by atomic mass is 10.1. The van der Waals surface area contributed by atoms with Crippen molar-refractivity contribution >= 4 is 17.9 Å². The molecular formula is C13H18O7. The molecule has 0 aromatic rings. The van der Waals surface area contributed by atoms with Crippen LogP contribution in [0, 0.1) is 0 Å². The van der Waals surface area contributed by atoms with Crippen LogP contribution in [0.5, 0.6) is 0 Å². The molecule has 0 aliphatic heterocycles. The highest BCUT2D eigenvalue weighted by Gasteiger charge is 2.03. The lowest BCUT2D eigenvalue weighted by Crippen LogP contribution is -2.04. The molecule has 0 aromatic heterocycles. The summed E-state index contributed by atoms with van der Waals surface area (Å²) in [6.07, 6.45) is 1.38. The van der Waals surface area contributed by atoms with E-state index >= 15 is 0 Å². The maximum atomic E-state index is 10.3. The third-order valence-corrected chi connectivity index (χ3v) is 1.84. The zero-order chi connectivity index (χ0) is 16.3. The third kappa shape index (κ3) is 10.7. The molecule has 0 unspecified atom stereocenters. The Labute approximate surface area is 116 Å². The number of carboxylic acid groups (broad SMARTS) is 2. The molecule has 20 heavy (non-hydrogen) atoms. The minimum atomic E-state index is -1.11. The average Bonchev–Trinajstić information content (AvgIpc) is 2.35. The number of ether oxygens (including phenoxy) is 1. The van der Waals surface area contributed by atoms with Crippen molar-refractivity contribution in [2.75, 3.05) is 6.79 Å². The largest absolute Gasteiger partial charge is 0.478 e. The predicted octanol–water partition coefficient (Wildman–Crippen LogP) is 1.10. The summed E-state index contributed by atoms with van der Waals surface area (Å²) in [5, 5.41) is 24.7. The van der Waals surface area contributed by atoms with E-state index in [0.29, 0.717) is 5.57 Å². The first-order valence-corrected chi connectivity index (χ1v) is 5.38. The van der Waals surface area contributed by atoms with Gasteiger partial charge in [-0.2, -0.15) is 0 Å². The van der Waals surface area contributed by atoms with Crippen molar-refractivity contribution in [1.82, 2.24) is 0 Å². The Morgan fingerprint density at radius 3 is 1.85 bits per heavy atom. The summed E-state index contributed by atoms with van der Waals surface area (Å²) in [7, 11) is 0. The average molecular weight is 286 g/mol. The van der Waals surface area contributed by atoms with E-state index in [0.717, 1.165) is 0 Å². The first-order chi connectivity index (χ1) is 9.13. The molecule has 3 N–H and O–H groups in total. The zero-order valence-corrected chi connectivity index (χ0v) is 11.4. The van der Waals surface area contributed by atoms with Crippen LogP contribution in [0.25, 0.3) is 0 Å². The van der Waals surface area contributed by atoms with Gasteiger partial charge in [-0.05, 0) is 20.3 Å². The second-order valence-electron chi connectivity index (χ2n) is 3.65. The monoisotopic (exact) mass is 286 g/mol. The van der Waals surface area contributed by atoms with Crippen molar-refractivity contribution in [2.24, 2.45) is 0 Å². The number of rotatable bonds is 6. The number of aliphatic hydroxyl groups excluding tert-OH is 1. The van der Waals surface area contributed by atoms with Gasteiger partial charge in [-0.15, -0.1) is 0 Å². The van der Waals surface area contributed by atoms with E-state index in [-0.39, 0.29) is 17.6 Å². The molecule has 0 aliphatic rings. The van der Waals surface area contributed by atoms with Crippen LogP contribution in [-0.2, 0) is 19.1 Å². The summed E-state index contributed by atoms with van der Waals surface area (Å²) in [6.45, 7) is 8.87. The van der Waals surface area contributed by atoms with Gasteiger partial charge >= 0.3 is 17.9 Å². The number of carbonyl (C=O) groups is 3. The predicted molar refractivity (Wildman–Crippen MR) is 70.8 cm³/mol. The van der Waals surface area contributed by atoms with Crippen molar-refractivity contribution in [3.8, 4) is 0 Å². The topological polar surface area (TPSA) is 121 Å². The fourth-order valence-corrected chi connectivity index (χ4v) is 0.633. The Hall–Kier alpha value is -2.41. The number of carbonyl (C=O) groups excluding carboxylic acids is 1. The molecule has 0 saturated carbocycles. The maximum absolute atomic E-state index is 10.3. The first kappa shape index (κ1) is 19.9. The molecule has 0 fully saturated rings. The van der Waals surface area contributed by atoms with Gasteiger partial charge in [0.05, 0.1) is 0 Å². The molecule has 0 atom stereocenters. The molecule has 0 amide bonds. The Kier molecular flexibility index (Phi) is 10.5. The number of hydrogen-bond donors (Lipinski definition) is 3. The van der Waals surface area contributed by atoms with E-state index in [2.05, 4.69) is 17.9 Å². The van der Waals surface area contributed by atoms with E-state index in [9.17, 15) is 14.4 Å². The molecule has 0 rings (SSSR count). The molecular weight excluding hydrogens is 268 g/mol. The Balaban J connectivity index is 0. The number of carboxylic acids is 2. The molecule has 0 radical (unpaired) electrons. The lowest BCUT2D eigenvalue weighted by Gasteiger charge is -1.95. The van der Waals surface area contributed by atoms with Gasteiger partial charge in [0.25, 0.3) is 0 Å². The van der Waals surface area contributed by atoms with Crippen LogP contribution in [0.2, 0.25) is 0 Å². The van der Waals surface area contributed by atoms with Gasteiger partial charge in [0.1, 0.15) is 0 Å². The highest BCUT2D eigenvalue weighted by Crippen LogP contribution is 2.03. The number of aliphatic hydroxyl groups is 1. The minimum Gasteiger partial charge on any atom is -0.478 e. The van der Waals surface area contributed by atoms with Crippen LogP contribution >= 0.6 is 0 Å². The van der Waals surface area contributed by atoms with Crippen molar-refractivity contribution in [1.29, 1.82) is 0 Å². The van der Waals surface area contributed by atoms with E-state index in [4.69, 9.17) is 15.3 Å². The Bertz CT molecular complexity index is 432. The summed E-state index contributed by atoms with van der Waals surface area (Å²) in [6, 6.07) is 0. The standard InChI is InChI=1S/C8H10O4.C5H8O3/c1-5(7(9)10)3-4-6(2)8(11)12;1-4(2)5(7)8-3-6/h4H,1,3H2,2H3,(H,9,10)(H,11,12);6H,1,3H2,2H3. The highest BCUT2D eigenvalue weighted by atomic mass is 16.6. The van der Waals surface area contributed by atoms with Crippen LogP contribution in [-0.4, -0.2) is 40.0 Å². The zero-order valence-electron chi connectivity index (χ0n) is 11.4. The van der Waals surface area contributed by atoms with Crippen LogP contribution in [0.15, 0.2) is 36.0 Å². The van der Waals surface area contributed by atoms with Gasteiger partial charge in [-0.3, -0.25) is 0 Å². The Morgan fingerprint density at radius 2 is 1.60 bits per heavy atom. The van der Waals surface area contributed by atoms with E-state index < -0.39 is 24.7 Å². The second-order valence-corrected chi connectivity index (χ2v) is 3.65. The van der Waals surface area contributed by atoms with Crippen molar-refractivity contribution < 1.29 is 34.4 Å². The van der Waals surface area contributed by atoms with Crippen LogP contribution in [0.1, 0.15) is 20.3 Å². The highest BCUT2D eigenvalue weighted by molar-refractivity contribution is 5.88. The molecule has 0 heterocycles. The lowest BCUT2D eigenvalue weighted by molar-refractivity contribution is -0.146. The first-order valence-electron chi connectivity index (χ1n) is 5.38. The SMILES string of the molecule is C=C(C)C(=O)OCO.C=C(CC=C(C)C(=O)O)C(=O)O. The molecule has 0 saturated heterocycles. The van der Waals surface area contributed by atoms with Crippen LogP contribution in [0.4, 0.5) is 0 Å². The van der Waals surface area contributed by atoms with E-state index in [1.807, 2.05) is 0 Å². The maximum Gasteiger partial charge on any atom is 0.335 e. The fourth-order valence-electron chi connectivity index (χ4n) is 0.633. The third-order valence-electron chi connectivity index (χ3n) is 1.84. The van der Waals surface area contributed by atoms with Gasteiger partial charge in [-0.1, -0.05) is 19.2 Å². The van der Waals surface area contributed by atoms with Crippen molar-refractivity contribution in [3.63, 3.8) is 0 Å². The molecule has 112 valence electrons. The fraction of sp³-hybridized carbons (Fsp3) is 0.308. The van der Waals surface area contributed by atoms with Crippen molar-refractivity contribution in [3.05, 3.63) is 36.0 Å². The Morgan fingerprint density at radius 1 is 1.10 bits per heavy atom. The van der Waals surface area contributed by atoms with Gasteiger partial charge < -0.3 is 20.1 Å². The number of aliphatic carboxylic acids is 2. The van der Waals surface area contributed by atoms with Crippen molar-refractivity contribution in [2.45, 2.75) is 20.3 Å². The normalized spacial score (nSPS) is 9.85. The van der Waals surface area contributed by atoms with Crippen LogP contribution < -0.4 is 0 Å². The minimum absolute atomic E-state index is 0.0180. The van der Waals surface area contributed by atoms with Crippen LogP contribution in [0.3, 0.4) is 0 Å². The number of hydrogen-bond acceptors (Lipinski definition) is 5. The van der Waals surface area contributed by atoms with Gasteiger partial charge in [0.2, 0.25) is 0 Å². The molecule has 0 aromatic carbocycles. The smallest absolute Gasteiger partial charge is 0.335 e. The summed E-state index contributed by atoms with van der Waals surface area (Å²) >= 11 is 0. The quantitative estimate of drug-likeness (QED) is 0.380. The summed E-state index contributed by atoms with van der Waals surface area (Å²) in [4.78, 5) is 30.7. The van der Waals surface area contributed by atoms with E-state index in [1.54, 1.807) is 0 Å². The second kappa shape index (κ2) is 10.5. The molecule has 0 spiro atoms. The van der Waals surface area contributed by atoms with E-state index in [1.165, 1.54) is 19.9 Å². The van der Waals surface area contributed by atoms with Gasteiger partial charge in [-0.25, -0.2) is 14.4 Å². The van der Waals surface area contributed by atoms with Gasteiger partial charge in [0.15, 0.2) is 6.79 Å². The van der Waals surface area contributed by atoms with Gasteiger partial charge in [0, 0.05) is 16.7 Å². The number of allylic oxidation sites excluding steroid dienone is 1. The molecule has 0 aliphatic carbocycles.